The van der Waals surface area contributed by atoms with Gasteiger partial charge in [-0.3, -0.25) is 0 Å². The molecule has 1 saturated heterocycles. The average molecular weight is 352 g/mol. The number of hydrazine groups is 1. The summed E-state index contributed by atoms with van der Waals surface area (Å²) < 4.78 is 27.3. The van der Waals surface area contributed by atoms with E-state index in [-0.39, 0.29) is 4.90 Å². The van der Waals surface area contributed by atoms with Crippen LogP contribution in [0, 0.1) is 6.92 Å². The van der Waals surface area contributed by atoms with Crippen LogP contribution in [-0.2, 0) is 10.0 Å². The third-order valence-corrected chi connectivity index (χ3v) is 5.62. The molecule has 0 radical (unpaired) electrons. The number of benzene rings is 1. The van der Waals surface area contributed by atoms with Crippen molar-refractivity contribution in [2.75, 3.05) is 46.6 Å². The Morgan fingerprint density at radius 3 is 2.33 bits per heavy atom. The smallest absolute Gasteiger partial charge is 0.264 e. The van der Waals surface area contributed by atoms with Crippen LogP contribution in [-0.4, -0.2) is 75.9 Å². The first-order valence-electron chi connectivity index (χ1n) is 8.00. The number of likely N-dealkylation sites (N-methyl/N-ethyl adjacent to an activating group) is 1. The van der Waals surface area contributed by atoms with Gasteiger partial charge in [-0.25, -0.2) is 28.2 Å². The van der Waals surface area contributed by atoms with Gasteiger partial charge in [0.05, 0.1) is 11.6 Å². The minimum absolute atomic E-state index is 0.235. The molecule has 0 bridgehead atoms. The molecule has 1 aromatic carbocycles. The second kappa shape index (κ2) is 7.06. The second-order valence-electron chi connectivity index (χ2n) is 6.16. The summed E-state index contributed by atoms with van der Waals surface area (Å²) in [5.41, 5.74) is 1.02. The molecular formula is C15H24N6O2S. The fraction of sp³-hybridized carbons (Fsp3) is 0.533. The molecule has 2 aliphatic rings. The number of piperazine rings is 1. The maximum Gasteiger partial charge on any atom is 0.264 e. The minimum Gasteiger partial charge on any atom is -0.341 e. The van der Waals surface area contributed by atoms with Gasteiger partial charge in [-0.05, 0) is 26.1 Å². The Hall–Kier alpha value is -1.68. The lowest BCUT2D eigenvalue weighted by atomic mass is 10.2. The van der Waals surface area contributed by atoms with Crippen molar-refractivity contribution in [1.82, 2.24) is 25.0 Å². The van der Waals surface area contributed by atoms with Gasteiger partial charge in [-0.15, -0.1) is 0 Å². The molecule has 8 nitrogen and oxygen atoms in total. The molecule has 132 valence electrons. The molecule has 0 unspecified atom stereocenters. The molecule has 3 rings (SSSR count). The normalized spacial score (nSPS) is 21.2. The van der Waals surface area contributed by atoms with Crippen molar-refractivity contribution in [3.05, 3.63) is 29.8 Å². The van der Waals surface area contributed by atoms with E-state index in [2.05, 4.69) is 37.0 Å². The van der Waals surface area contributed by atoms with E-state index in [0.29, 0.717) is 19.3 Å². The Balaban J connectivity index is 1.60. The number of hydrogen-bond donors (Lipinski definition) is 2. The van der Waals surface area contributed by atoms with Gasteiger partial charge < -0.3 is 10.2 Å². The standard InChI is InChI=1S/C15H24N6O2S/c1-13-3-5-14(6-4-13)24(22,23)18-15-16-11-21(12-17-15)20-9-7-19(2)8-10-20/h3-6H,7-12H2,1-2H3,(H2,16,17,18). The topological polar surface area (TPSA) is 80.3 Å². The Morgan fingerprint density at radius 1 is 1.08 bits per heavy atom. The lowest BCUT2D eigenvalue weighted by Crippen LogP contribution is -2.59. The quantitative estimate of drug-likeness (QED) is 0.771. The number of nitrogens with zero attached hydrogens (tertiary/aromatic N) is 4. The van der Waals surface area contributed by atoms with Crippen molar-refractivity contribution >= 4 is 16.0 Å². The predicted molar refractivity (Wildman–Crippen MR) is 92.7 cm³/mol. The Bertz CT molecular complexity index is 695. The van der Waals surface area contributed by atoms with Crippen LogP contribution in [0.25, 0.3) is 0 Å². The molecule has 0 aromatic heterocycles. The minimum atomic E-state index is -3.61. The van der Waals surface area contributed by atoms with Crippen molar-refractivity contribution in [3.63, 3.8) is 0 Å². The number of aryl methyl sites for hydroxylation is 1. The molecule has 1 aromatic rings. The van der Waals surface area contributed by atoms with Gasteiger partial charge in [0.25, 0.3) is 10.0 Å². The summed E-state index contributed by atoms with van der Waals surface area (Å²) in [4.78, 5) is 6.84. The molecule has 2 aliphatic heterocycles. The highest BCUT2D eigenvalue weighted by Gasteiger charge is 2.24. The van der Waals surface area contributed by atoms with Crippen molar-refractivity contribution in [3.8, 4) is 0 Å². The largest absolute Gasteiger partial charge is 0.341 e. The van der Waals surface area contributed by atoms with E-state index in [1.165, 1.54) is 0 Å². The van der Waals surface area contributed by atoms with Crippen LogP contribution in [0.15, 0.2) is 34.2 Å². The number of guanidine groups is 1. The number of sulfonamides is 1. The van der Waals surface area contributed by atoms with Gasteiger partial charge in [-0.1, -0.05) is 17.7 Å². The van der Waals surface area contributed by atoms with Crippen molar-refractivity contribution < 1.29 is 8.42 Å². The molecular weight excluding hydrogens is 328 g/mol. The summed E-state index contributed by atoms with van der Waals surface area (Å²) in [7, 11) is -1.50. The number of aliphatic imine (C=N–C) groups is 1. The predicted octanol–water partition coefficient (Wildman–Crippen LogP) is -0.388. The van der Waals surface area contributed by atoms with Gasteiger partial charge in [0.15, 0.2) is 0 Å². The van der Waals surface area contributed by atoms with E-state index in [9.17, 15) is 8.42 Å². The van der Waals surface area contributed by atoms with Crippen LogP contribution < -0.4 is 10.0 Å². The maximum absolute atomic E-state index is 12.4. The average Bonchev–Trinajstić information content (AvgIpc) is 2.56. The number of hydrogen-bond acceptors (Lipinski definition) is 7. The summed E-state index contributed by atoms with van der Waals surface area (Å²) >= 11 is 0. The Labute approximate surface area is 143 Å². The zero-order valence-electron chi connectivity index (χ0n) is 14.1. The molecule has 0 atom stereocenters. The number of rotatable bonds is 3. The highest BCUT2D eigenvalue weighted by atomic mass is 32.2. The van der Waals surface area contributed by atoms with E-state index >= 15 is 0 Å². The van der Waals surface area contributed by atoms with Crippen LogP contribution in [0.1, 0.15) is 5.56 Å². The summed E-state index contributed by atoms with van der Waals surface area (Å²) in [6.07, 6.45) is 0. The monoisotopic (exact) mass is 352 g/mol. The van der Waals surface area contributed by atoms with Gasteiger partial charge in [0.2, 0.25) is 5.96 Å². The summed E-state index contributed by atoms with van der Waals surface area (Å²) in [5, 5.41) is 7.39. The van der Waals surface area contributed by atoms with E-state index in [0.717, 1.165) is 31.7 Å². The summed E-state index contributed by atoms with van der Waals surface area (Å²) in [6, 6.07) is 6.74. The maximum atomic E-state index is 12.4. The lowest BCUT2D eigenvalue weighted by molar-refractivity contribution is -0.0569. The van der Waals surface area contributed by atoms with E-state index in [4.69, 9.17) is 0 Å². The molecule has 0 saturated carbocycles. The first kappa shape index (κ1) is 17.2. The van der Waals surface area contributed by atoms with E-state index in [1.807, 2.05) is 6.92 Å². The lowest BCUT2D eigenvalue weighted by Gasteiger charge is -2.40. The second-order valence-corrected chi connectivity index (χ2v) is 7.85. The van der Waals surface area contributed by atoms with Gasteiger partial charge >= 0.3 is 0 Å². The van der Waals surface area contributed by atoms with E-state index < -0.39 is 10.0 Å². The molecule has 24 heavy (non-hydrogen) atoms. The van der Waals surface area contributed by atoms with Gasteiger partial charge in [-0.2, -0.15) is 0 Å². The third kappa shape index (κ3) is 4.04. The highest BCUT2D eigenvalue weighted by molar-refractivity contribution is 7.90. The fourth-order valence-electron chi connectivity index (χ4n) is 2.66. The first-order valence-corrected chi connectivity index (χ1v) is 9.48. The SMILES string of the molecule is Cc1ccc(S(=O)(=O)NC2=NCN(N3CCN(C)CC3)CN2)cc1. The van der Waals surface area contributed by atoms with Gasteiger partial charge in [0, 0.05) is 26.2 Å². The van der Waals surface area contributed by atoms with Gasteiger partial charge in [0.1, 0.15) is 6.67 Å². The molecule has 2 N–H and O–H groups in total. The van der Waals surface area contributed by atoms with Crippen molar-refractivity contribution in [1.29, 1.82) is 0 Å². The van der Waals surface area contributed by atoms with E-state index in [1.54, 1.807) is 24.3 Å². The Morgan fingerprint density at radius 2 is 1.75 bits per heavy atom. The van der Waals surface area contributed by atoms with Crippen LogP contribution >= 0.6 is 0 Å². The zero-order valence-corrected chi connectivity index (χ0v) is 14.9. The molecule has 9 heteroatoms. The fourth-order valence-corrected chi connectivity index (χ4v) is 3.67. The van der Waals surface area contributed by atoms with Crippen molar-refractivity contribution in [2.24, 2.45) is 4.99 Å². The van der Waals surface area contributed by atoms with Crippen molar-refractivity contribution in [2.45, 2.75) is 11.8 Å². The molecule has 0 aliphatic carbocycles. The van der Waals surface area contributed by atoms with Crippen LogP contribution in [0.5, 0.6) is 0 Å². The molecule has 1 fully saturated rings. The summed E-state index contributed by atoms with van der Waals surface area (Å²) in [5.74, 6) is 0.293. The van der Waals surface area contributed by atoms with Crippen LogP contribution in [0.4, 0.5) is 0 Å². The molecule has 0 amide bonds. The zero-order chi connectivity index (χ0) is 17.2. The number of nitrogens with one attached hydrogen (secondary N) is 2. The molecule has 2 heterocycles. The molecule has 0 spiro atoms. The van der Waals surface area contributed by atoms with Crippen LogP contribution in [0.3, 0.4) is 0 Å². The first-order chi connectivity index (χ1) is 11.4. The third-order valence-electron chi connectivity index (χ3n) is 4.26. The Kier molecular flexibility index (Phi) is 5.04. The summed E-state index contributed by atoms with van der Waals surface area (Å²) in [6.45, 7) is 6.86. The van der Waals surface area contributed by atoms with Crippen LogP contribution in [0.2, 0.25) is 0 Å². The highest BCUT2D eigenvalue weighted by Crippen LogP contribution is 2.10.